The SMILES string of the molecule is Cc1cc(F)c(COc2nsc(NC(=O)NCCCCN3CCCC3)c2OC(N)=O)c(F)c1. The fraction of sp³-hybridized carbons (Fsp3) is 0.476. The molecule has 0 spiro atoms. The van der Waals surface area contributed by atoms with Crippen molar-refractivity contribution in [1.29, 1.82) is 0 Å². The summed E-state index contributed by atoms with van der Waals surface area (Å²) in [4.78, 5) is 25.9. The number of halogens is 2. The first-order chi connectivity index (χ1) is 15.8. The maximum Gasteiger partial charge on any atom is 0.410 e. The van der Waals surface area contributed by atoms with Gasteiger partial charge < -0.3 is 25.4 Å². The van der Waals surface area contributed by atoms with E-state index >= 15 is 0 Å². The van der Waals surface area contributed by atoms with Crippen LogP contribution in [0.15, 0.2) is 12.1 Å². The molecule has 2 aromatic rings. The summed E-state index contributed by atoms with van der Waals surface area (Å²) >= 11 is 0.779. The van der Waals surface area contributed by atoms with E-state index in [0.717, 1.165) is 44.0 Å². The van der Waals surface area contributed by atoms with Crippen LogP contribution in [0.2, 0.25) is 0 Å². The second-order valence-corrected chi connectivity index (χ2v) is 8.47. The standard InChI is InChI=1S/C21H27F2N5O4S/c1-13-10-15(22)14(16(23)11-13)12-31-18-17(32-20(24)29)19(33-27-18)26-21(30)25-6-2-3-7-28-8-4-5-9-28/h10-11H,2-9,12H2,1H3,(H2,24,29)(H2,25,26,30). The third-order valence-electron chi connectivity index (χ3n) is 5.07. The Morgan fingerprint density at radius 1 is 1.21 bits per heavy atom. The normalized spacial score (nSPS) is 13.7. The Morgan fingerprint density at radius 2 is 1.91 bits per heavy atom. The minimum atomic E-state index is -1.15. The van der Waals surface area contributed by atoms with Gasteiger partial charge in [0, 0.05) is 6.54 Å². The molecule has 3 amide bonds. The second kappa shape index (κ2) is 11.8. The minimum absolute atomic E-state index is 0.0724. The van der Waals surface area contributed by atoms with Gasteiger partial charge in [0.2, 0.25) is 5.75 Å². The zero-order valence-corrected chi connectivity index (χ0v) is 19.1. The smallest absolute Gasteiger partial charge is 0.410 e. The number of rotatable bonds is 10. The molecule has 0 unspecified atom stereocenters. The summed E-state index contributed by atoms with van der Waals surface area (Å²) in [6, 6.07) is 1.83. The Balaban J connectivity index is 1.54. The van der Waals surface area contributed by atoms with E-state index in [2.05, 4.69) is 19.9 Å². The maximum absolute atomic E-state index is 14.1. The molecule has 3 rings (SSSR count). The Morgan fingerprint density at radius 3 is 2.58 bits per heavy atom. The highest BCUT2D eigenvalue weighted by Gasteiger charge is 2.22. The molecule has 9 nitrogen and oxygen atoms in total. The van der Waals surface area contributed by atoms with E-state index in [-0.39, 0.29) is 22.2 Å². The van der Waals surface area contributed by atoms with Gasteiger partial charge in [0.25, 0.3) is 5.88 Å². The molecule has 33 heavy (non-hydrogen) atoms. The molecule has 1 aliphatic heterocycles. The van der Waals surface area contributed by atoms with Gasteiger partial charge in [0.15, 0.2) is 5.00 Å². The molecule has 0 saturated carbocycles. The van der Waals surface area contributed by atoms with E-state index in [4.69, 9.17) is 15.2 Å². The van der Waals surface area contributed by atoms with E-state index in [1.165, 1.54) is 25.0 Å². The summed E-state index contributed by atoms with van der Waals surface area (Å²) in [5.74, 6) is -2.01. The first-order valence-electron chi connectivity index (χ1n) is 10.6. The molecule has 1 fully saturated rings. The summed E-state index contributed by atoms with van der Waals surface area (Å²) in [5, 5.41) is 5.33. The van der Waals surface area contributed by atoms with Crippen LogP contribution in [0.5, 0.6) is 11.6 Å². The molecule has 4 N–H and O–H groups in total. The van der Waals surface area contributed by atoms with E-state index < -0.39 is 30.4 Å². The molecule has 1 aliphatic rings. The fourth-order valence-electron chi connectivity index (χ4n) is 3.45. The molecular weight excluding hydrogens is 456 g/mol. The number of nitrogens with one attached hydrogen (secondary N) is 2. The van der Waals surface area contributed by atoms with Gasteiger partial charge in [-0.1, -0.05) is 0 Å². The van der Waals surface area contributed by atoms with Crippen LogP contribution >= 0.6 is 11.5 Å². The number of ether oxygens (including phenoxy) is 2. The van der Waals surface area contributed by atoms with Crippen LogP contribution in [0.4, 0.5) is 23.4 Å². The lowest BCUT2D eigenvalue weighted by Crippen LogP contribution is -2.30. The lowest BCUT2D eigenvalue weighted by atomic mass is 10.1. The summed E-state index contributed by atoms with van der Waals surface area (Å²) in [7, 11) is 0. The first kappa shape index (κ1) is 24.6. The summed E-state index contributed by atoms with van der Waals surface area (Å²) in [6.45, 7) is 4.81. The van der Waals surface area contributed by atoms with E-state index in [9.17, 15) is 18.4 Å². The summed E-state index contributed by atoms with van der Waals surface area (Å²) in [6.07, 6.45) is 3.12. The van der Waals surface area contributed by atoms with E-state index in [1.54, 1.807) is 6.92 Å². The number of aromatic nitrogens is 1. The van der Waals surface area contributed by atoms with Crippen molar-refractivity contribution in [2.24, 2.45) is 5.73 Å². The number of primary amides is 1. The number of unbranched alkanes of at least 4 members (excludes halogenated alkanes) is 1. The van der Waals surface area contributed by atoms with Crippen LogP contribution in [0.1, 0.15) is 36.8 Å². The number of nitrogens with two attached hydrogens (primary N) is 1. The van der Waals surface area contributed by atoms with Gasteiger partial charge in [0.05, 0.1) is 5.56 Å². The highest BCUT2D eigenvalue weighted by atomic mass is 32.1. The van der Waals surface area contributed by atoms with Gasteiger partial charge in [-0.15, -0.1) is 4.37 Å². The van der Waals surface area contributed by atoms with E-state index in [0.29, 0.717) is 12.1 Å². The Hall–Kier alpha value is -2.99. The van der Waals surface area contributed by atoms with Crippen molar-refractivity contribution in [3.8, 4) is 11.6 Å². The molecule has 0 atom stereocenters. The number of benzene rings is 1. The first-order valence-corrected chi connectivity index (χ1v) is 11.4. The number of carbonyl (C=O) groups excluding carboxylic acids is 2. The molecule has 0 aliphatic carbocycles. The zero-order valence-electron chi connectivity index (χ0n) is 18.3. The Labute approximate surface area is 194 Å². The zero-order chi connectivity index (χ0) is 23.8. The highest BCUT2D eigenvalue weighted by molar-refractivity contribution is 7.11. The third-order valence-corrected chi connectivity index (χ3v) is 5.80. The van der Waals surface area contributed by atoms with Crippen molar-refractivity contribution in [2.75, 3.05) is 31.5 Å². The largest absolute Gasteiger partial charge is 0.469 e. The number of hydrogen-bond donors (Lipinski definition) is 3. The van der Waals surface area contributed by atoms with Crippen molar-refractivity contribution in [2.45, 2.75) is 39.2 Å². The topological polar surface area (TPSA) is 119 Å². The molecule has 1 aromatic heterocycles. The molecule has 1 aromatic carbocycles. The van der Waals surface area contributed by atoms with Crippen molar-refractivity contribution < 1.29 is 27.8 Å². The van der Waals surface area contributed by atoms with Gasteiger partial charge in [-0.3, -0.25) is 5.32 Å². The van der Waals surface area contributed by atoms with Crippen molar-refractivity contribution >= 4 is 28.7 Å². The highest BCUT2D eigenvalue weighted by Crippen LogP contribution is 2.39. The van der Waals surface area contributed by atoms with Crippen molar-refractivity contribution in [3.63, 3.8) is 0 Å². The Kier molecular flexibility index (Phi) is 8.78. The predicted molar refractivity (Wildman–Crippen MR) is 120 cm³/mol. The molecule has 0 bridgehead atoms. The number of anilines is 1. The summed E-state index contributed by atoms with van der Waals surface area (Å²) < 4.78 is 42.3. The van der Waals surface area contributed by atoms with Gasteiger partial charge in [-0.05, 0) is 81.5 Å². The van der Waals surface area contributed by atoms with Gasteiger partial charge in [-0.2, -0.15) is 0 Å². The number of aryl methyl sites for hydroxylation is 1. The lowest BCUT2D eigenvalue weighted by molar-refractivity contribution is 0.205. The number of urea groups is 1. The van der Waals surface area contributed by atoms with E-state index in [1.807, 2.05) is 0 Å². The Bertz CT molecular complexity index is 959. The van der Waals surface area contributed by atoms with Gasteiger partial charge >= 0.3 is 12.1 Å². The van der Waals surface area contributed by atoms with Crippen LogP contribution in [0, 0.1) is 18.6 Å². The lowest BCUT2D eigenvalue weighted by Gasteiger charge is -2.14. The average molecular weight is 484 g/mol. The third kappa shape index (κ3) is 7.26. The number of likely N-dealkylation sites (tertiary alicyclic amines) is 1. The average Bonchev–Trinajstić information content (AvgIpc) is 3.38. The molecule has 2 heterocycles. The number of amides is 3. The van der Waals surface area contributed by atoms with Crippen LogP contribution in [0.3, 0.4) is 0 Å². The predicted octanol–water partition coefficient (Wildman–Crippen LogP) is 3.76. The molecule has 12 heteroatoms. The molecule has 180 valence electrons. The molecule has 1 saturated heterocycles. The van der Waals surface area contributed by atoms with Crippen LogP contribution < -0.4 is 25.8 Å². The minimum Gasteiger partial charge on any atom is -0.469 e. The number of hydrogen-bond acceptors (Lipinski definition) is 7. The van der Waals surface area contributed by atoms with Crippen LogP contribution in [-0.2, 0) is 6.61 Å². The fourth-order valence-corrected chi connectivity index (χ4v) is 4.11. The summed E-state index contributed by atoms with van der Waals surface area (Å²) in [5.41, 5.74) is 5.22. The molecular formula is C21H27F2N5O4S. The van der Waals surface area contributed by atoms with Gasteiger partial charge in [-0.25, -0.2) is 18.4 Å². The quantitative estimate of drug-likeness (QED) is 0.443. The number of carbonyl (C=O) groups is 2. The number of nitrogens with zero attached hydrogens (tertiary/aromatic N) is 2. The second-order valence-electron chi connectivity index (χ2n) is 7.70. The molecule has 0 radical (unpaired) electrons. The monoisotopic (exact) mass is 483 g/mol. The van der Waals surface area contributed by atoms with Crippen LogP contribution in [-0.4, -0.2) is 47.6 Å². The van der Waals surface area contributed by atoms with Crippen molar-refractivity contribution in [1.82, 2.24) is 14.6 Å². The van der Waals surface area contributed by atoms with Crippen LogP contribution in [0.25, 0.3) is 0 Å². The maximum atomic E-state index is 14.1. The van der Waals surface area contributed by atoms with Gasteiger partial charge in [0.1, 0.15) is 18.2 Å². The van der Waals surface area contributed by atoms with Crippen molar-refractivity contribution in [3.05, 3.63) is 34.9 Å².